The first-order valence-corrected chi connectivity index (χ1v) is 11.5. The van der Waals surface area contributed by atoms with Crippen molar-refractivity contribution in [1.82, 2.24) is 4.90 Å². The van der Waals surface area contributed by atoms with Crippen molar-refractivity contribution in [3.8, 4) is 0 Å². The molecule has 3 unspecified atom stereocenters. The van der Waals surface area contributed by atoms with E-state index >= 15 is 0 Å². The van der Waals surface area contributed by atoms with E-state index in [4.69, 9.17) is 9.98 Å². The van der Waals surface area contributed by atoms with Crippen LogP contribution < -0.4 is 0 Å². The lowest BCUT2D eigenvalue weighted by atomic mass is 9.89. The maximum Gasteiger partial charge on any atom is 0.216 e. The van der Waals surface area contributed by atoms with Crippen molar-refractivity contribution in [3.63, 3.8) is 0 Å². The van der Waals surface area contributed by atoms with Crippen LogP contribution in [0, 0.1) is 0 Å². The fourth-order valence-electron chi connectivity index (χ4n) is 6.27. The Morgan fingerprint density at radius 3 is 2.18 bits per heavy atom. The Balaban J connectivity index is 1.49. The first-order valence-electron chi connectivity index (χ1n) is 11.5. The summed E-state index contributed by atoms with van der Waals surface area (Å²) in [6.45, 7) is 0.690. The molecule has 33 heavy (non-hydrogen) atoms. The maximum absolute atomic E-state index is 5.00. The first kappa shape index (κ1) is 17.6. The summed E-state index contributed by atoms with van der Waals surface area (Å²) in [6.07, 6.45) is 13.2. The molecule has 0 saturated carbocycles. The summed E-state index contributed by atoms with van der Waals surface area (Å²) >= 11 is 0. The van der Waals surface area contributed by atoms with Gasteiger partial charge in [-0.1, -0.05) is 36.4 Å². The molecular weight excluding hydrogens is 406 g/mol. The topological polar surface area (TPSA) is 34.0 Å². The minimum Gasteiger partial charge on any atom is -0.281 e. The molecule has 2 aromatic rings. The zero-order chi connectivity index (χ0) is 21.5. The second-order valence-corrected chi connectivity index (χ2v) is 8.98. The summed E-state index contributed by atoms with van der Waals surface area (Å²) < 4.78 is 4.90. The predicted molar refractivity (Wildman–Crippen MR) is 130 cm³/mol. The molecule has 1 saturated heterocycles. The van der Waals surface area contributed by atoms with Crippen molar-refractivity contribution >= 4 is 34.2 Å². The van der Waals surface area contributed by atoms with Gasteiger partial charge in [-0.15, -0.1) is 0 Å². The van der Waals surface area contributed by atoms with Gasteiger partial charge in [-0.2, -0.15) is 9.15 Å². The molecule has 0 N–H and O–H groups in total. The minimum atomic E-state index is 0.0991. The highest BCUT2D eigenvalue weighted by Gasteiger charge is 2.65. The third-order valence-corrected chi connectivity index (χ3v) is 7.41. The van der Waals surface area contributed by atoms with Crippen LogP contribution >= 0.6 is 0 Å². The zero-order valence-electron chi connectivity index (χ0n) is 17.9. The highest BCUT2D eigenvalue weighted by atomic mass is 15.4. The van der Waals surface area contributed by atoms with Gasteiger partial charge in [0, 0.05) is 54.8 Å². The van der Waals surface area contributed by atoms with Gasteiger partial charge in [-0.05, 0) is 6.08 Å². The lowest BCUT2D eigenvalue weighted by molar-refractivity contribution is -0.424. The predicted octanol–water partition coefficient (Wildman–Crippen LogP) is 3.77. The second-order valence-electron chi connectivity index (χ2n) is 8.98. The quantitative estimate of drug-likeness (QED) is 0.672. The van der Waals surface area contributed by atoms with Gasteiger partial charge < -0.3 is 0 Å². The van der Waals surface area contributed by atoms with Gasteiger partial charge in [0.05, 0.1) is 18.0 Å². The van der Waals surface area contributed by atoms with Crippen LogP contribution in [-0.4, -0.2) is 61.6 Å². The summed E-state index contributed by atoms with van der Waals surface area (Å²) in [6, 6.07) is 21.8. The average molecular weight is 428 g/mol. The zero-order valence-corrected chi connectivity index (χ0v) is 17.9. The minimum absolute atomic E-state index is 0.0991. The summed E-state index contributed by atoms with van der Waals surface area (Å²) in [4.78, 5) is 12.5. The fourth-order valence-corrected chi connectivity index (χ4v) is 6.27. The Bertz CT molecular complexity index is 1480. The number of rotatable bonds is 2. The summed E-state index contributed by atoms with van der Waals surface area (Å²) in [5.74, 6) is 0. The molecule has 0 spiro atoms. The van der Waals surface area contributed by atoms with E-state index in [9.17, 15) is 0 Å². The fraction of sp³-hybridized carbons (Fsp3) is 0.143. The van der Waals surface area contributed by atoms with Crippen molar-refractivity contribution < 1.29 is 9.15 Å². The average Bonchev–Trinajstić information content (AvgIpc) is 3.23. The van der Waals surface area contributed by atoms with Crippen LogP contribution in [0.2, 0.25) is 0 Å². The molecule has 5 nitrogen and oxygen atoms in total. The molecule has 5 aliphatic heterocycles. The lowest BCUT2D eigenvalue weighted by Gasteiger charge is -2.41. The molecule has 0 radical (unpaired) electrons. The highest BCUT2D eigenvalue weighted by Crippen LogP contribution is 2.45. The van der Waals surface area contributed by atoms with Crippen LogP contribution in [0.4, 0.5) is 11.4 Å². The van der Waals surface area contributed by atoms with E-state index in [2.05, 4.69) is 105 Å². The molecule has 5 heteroatoms. The summed E-state index contributed by atoms with van der Waals surface area (Å²) in [7, 11) is 0. The van der Waals surface area contributed by atoms with E-state index in [1.165, 1.54) is 34.2 Å². The standard InChI is InChI=1S/C28H21N5/c1-3-8-18(9-4-1)31-20-12-7-13-21-26(20)33-27-22(31)14-16-29-24(27)25-28(33)23(15-17-30-25)32(21)19-10-5-2-6-11-19/h1-16,26-28H,17H2/q+2. The maximum atomic E-state index is 5.00. The molecule has 2 aromatic carbocycles. The van der Waals surface area contributed by atoms with Gasteiger partial charge in [0.1, 0.15) is 12.1 Å². The first-order chi connectivity index (χ1) is 16.4. The van der Waals surface area contributed by atoms with Crippen molar-refractivity contribution in [2.24, 2.45) is 9.98 Å². The SMILES string of the molecule is C1=CC2=[N+](c3ccccc3)C3=CCN=C4C5=NC=CC6=[N+](c7ccccc7)C(=C1)C2N(C34)C56. The molecule has 0 bridgehead atoms. The van der Waals surface area contributed by atoms with Crippen LogP contribution in [0.25, 0.3) is 0 Å². The number of dihydropyridines is 1. The number of allylic oxidation sites excluding steroid dienone is 2. The normalized spacial score (nSPS) is 28.3. The molecule has 0 amide bonds. The summed E-state index contributed by atoms with van der Waals surface area (Å²) in [5.41, 5.74) is 9.74. The molecular formula is C28H21N5+2. The molecule has 6 aliphatic rings. The van der Waals surface area contributed by atoms with Crippen LogP contribution in [0.5, 0.6) is 0 Å². The number of benzene rings is 2. The van der Waals surface area contributed by atoms with E-state index in [0.717, 1.165) is 11.4 Å². The number of aliphatic imine (C=N–C) groups is 2. The van der Waals surface area contributed by atoms with E-state index in [1.54, 1.807) is 0 Å². The van der Waals surface area contributed by atoms with Crippen molar-refractivity contribution in [2.45, 2.75) is 18.1 Å². The van der Waals surface area contributed by atoms with Gasteiger partial charge in [0.15, 0.2) is 6.04 Å². The van der Waals surface area contributed by atoms with E-state index < -0.39 is 0 Å². The monoisotopic (exact) mass is 427 g/mol. The highest BCUT2D eigenvalue weighted by molar-refractivity contribution is 6.53. The van der Waals surface area contributed by atoms with E-state index in [0.29, 0.717) is 6.54 Å². The van der Waals surface area contributed by atoms with Gasteiger partial charge >= 0.3 is 0 Å². The Kier molecular flexibility index (Phi) is 3.36. The second kappa shape index (κ2) is 6.30. The molecule has 0 aromatic heterocycles. The van der Waals surface area contributed by atoms with Gasteiger partial charge in [0.25, 0.3) is 0 Å². The van der Waals surface area contributed by atoms with Crippen LogP contribution in [0.3, 0.4) is 0 Å². The molecule has 1 aliphatic carbocycles. The van der Waals surface area contributed by atoms with Crippen LogP contribution in [-0.2, 0) is 0 Å². The Morgan fingerprint density at radius 1 is 0.727 bits per heavy atom. The smallest absolute Gasteiger partial charge is 0.216 e. The van der Waals surface area contributed by atoms with E-state index in [-0.39, 0.29) is 18.1 Å². The Labute approximate surface area is 191 Å². The molecule has 5 heterocycles. The molecule has 3 atom stereocenters. The third kappa shape index (κ3) is 2.15. The largest absolute Gasteiger partial charge is 0.281 e. The molecule has 8 rings (SSSR count). The van der Waals surface area contributed by atoms with Crippen LogP contribution in [0.1, 0.15) is 0 Å². The van der Waals surface area contributed by atoms with Crippen LogP contribution in [0.15, 0.2) is 119 Å². The number of nitrogens with zero attached hydrogens (tertiary/aromatic N) is 5. The number of fused-ring (bicyclic) bond motifs is 1. The number of hydrogen-bond acceptors (Lipinski definition) is 3. The third-order valence-electron chi connectivity index (χ3n) is 7.41. The molecule has 1 fully saturated rings. The van der Waals surface area contributed by atoms with Gasteiger partial charge in [-0.25, -0.2) is 4.90 Å². The number of hydrogen-bond donors (Lipinski definition) is 0. The molecule has 156 valence electrons. The Hall–Kier alpha value is -3.96. The van der Waals surface area contributed by atoms with Crippen molar-refractivity contribution in [2.75, 3.05) is 6.54 Å². The lowest BCUT2D eigenvalue weighted by Crippen LogP contribution is -2.64. The van der Waals surface area contributed by atoms with Gasteiger partial charge in [0.2, 0.25) is 34.2 Å². The summed E-state index contributed by atoms with van der Waals surface area (Å²) in [5, 5.41) is 0. The Morgan fingerprint density at radius 2 is 1.42 bits per heavy atom. The number of para-hydroxylation sites is 2. The van der Waals surface area contributed by atoms with Gasteiger partial charge in [-0.3, -0.25) is 9.98 Å². The van der Waals surface area contributed by atoms with Crippen molar-refractivity contribution in [3.05, 3.63) is 109 Å². The van der Waals surface area contributed by atoms with E-state index in [1.807, 2.05) is 6.20 Å². The van der Waals surface area contributed by atoms with Crippen molar-refractivity contribution in [1.29, 1.82) is 0 Å².